The van der Waals surface area contributed by atoms with Crippen LogP contribution in [0.2, 0.25) is 0 Å². The molecule has 17 heavy (non-hydrogen) atoms. The van der Waals surface area contributed by atoms with Crippen molar-refractivity contribution in [3.63, 3.8) is 0 Å². The van der Waals surface area contributed by atoms with Gasteiger partial charge in [-0.05, 0) is 19.3 Å². The molecule has 7 nitrogen and oxygen atoms in total. The van der Waals surface area contributed by atoms with Crippen LogP contribution in [0.4, 0.5) is 0 Å². The van der Waals surface area contributed by atoms with Crippen LogP contribution in [0.15, 0.2) is 0 Å². The van der Waals surface area contributed by atoms with E-state index in [4.69, 9.17) is 10.2 Å². The molecule has 2 N–H and O–H groups in total. The summed E-state index contributed by atoms with van der Waals surface area (Å²) in [6.45, 7) is 0. The molecule has 92 valence electrons. The average molecular weight is 274 g/mol. The Bertz CT molecular complexity index is 382. The fourth-order valence-corrected chi connectivity index (χ4v) is 2.84. The summed E-state index contributed by atoms with van der Waals surface area (Å²) in [5.74, 6) is -4.69. The van der Waals surface area contributed by atoms with Crippen molar-refractivity contribution >= 4 is 22.1 Å². The van der Waals surface area contributed by atoms with Gasteiger partial charge in [0.05, 0.1) is 27.2 Å². The SMILES string of the molecule is O=C(O)C1CC(C(=O)O)CC(S(=O)(=O)[O-])C1.[Na+]. The summed E-state index contributed by atoms with van der Waals surface area (Å²) in [4.78, 5) is 21.4. The summed E-state index contributed by atoms with van der Waals surface area (Å²) in [7, 11) is -4.64. The molecule has 1 aliphatic carbocycles. The van der Waals surface area contributed by atoms with E-state index in [1.54, 1.807) is 0 Å². The van der Waals surface area contributed by atoms with Crippen LogP contribution in [0.25, 0.3) is 0 Å². The number of carbonyl (C=O) groups is 2. The Kier molecular flexibility index (Phi) is 6.09. The first kappa shape index (κ1) is 16.9. The maximum Gasteiger partial charge on any atom is 1.00 e. The number of hydrogen-bond donors (Lipinski definition) is 2. The minimum atomic E-state index is -4.64. The Morgan fingerprint density at radius 2 is 1.35 bits per heavy atom. The van der Waals surface area contributed by atoms with Crippen LogP contribution in [0.5, 0.6) is 0 Å². The molecule has 9 heteroatoms. The van der Waals surface area contributed by atoms with Gasteiger partial charge in [0.15, 0.2) is 0 Å². The van der Waals surface area contributed by atoms with Crippen LogP contribution in [-0.2, 0) is 19.7 Å². The van der Waals surface area contributed by atoms with E-state index in [-0.39, 0.29) is 48.8 Å². The Morgan fingerprint density at radius 1 is 1.00 bits per heavy atom. The van der Waals surface area contributed by atoms with Crippen molar-refractivity contribution in [2.24, 2.45) is 11.8 Å². The fraction of sp³-hybridized carbons (Fsp3) is 0.750. The summed E-state index contributed by atoms with van der Waals surface area (Å²) < 4.78 is 32.3. The Hall–Kier alpha value is -0.150. The molecular formula is C8H11NaO7S. The first-order valence-electron chi connectivity index (χ1n) is 4.62. The zero-order valence-corrected chi connectivity index (χ0v) is 12.0. The van der Waals surface area contributed by atoms with Gasteiger partial charge >= 0.3 is 41.5 Å². The third kappa shape index (κ3) is 4.55. The number of carboxylic acids is 2. The molecule has 0 amide bonds. The predicted molar refractivity (Wildman–Crippen MR) is 49.6 cm³/mol. The van der Waals surface area contributed by atoms with Gasteiger partial charge in [0, 0.05) is 0 Å². The third-order valence-electron chi connectivity index (χ3n) is 2.77. The van der Waals surface area contributed by atoms with Crippen molar-refractivity contribution < 1.29 is 62.3 Å². The van der Waals surface area contributed by atoms with E-state index in [9.17, 15) is 22.6 Å². The van der Waals surface area contributed by atoms with Crippen molar-refractivity contribution in [2.75, 3.05) is 0 Å². The number of carboxylic acid groups (broad SMARTS) is 2. The van der Waals surface area contributed by atoms with Gasteiger partial charge in [-0.3, -0.25) is 9.59 Å². The van der Waals surface area contributed by atoms with E-state index in [0.717, 1.165) is 0 Å². The van der Waals surface area contributed by atoms with Crippen molar-refractivity contribution in [3.05, 3.63) is 0 Å². The molecule has 0 aromatic carbocycles. The van der Waals surface area contributed by atoms with Crippen LogP contribution in [-0.4, -0.2) is 40.4 Å². The molecule has 0 saturated heterocycles. The van der Waals surface area contributed by atoms with E-state index in [0.29, 0.717) is 0 Å². The van der Waals surface area contributed by atoms with Crippen molar-refractivity contribution in [3.8, 4) is 0 Å². The summed E-state index contributed by atoms with van der Waals surface area (Å²) >= 11 is 0. The number of aliphatic carboxylic acids is 2. The van der Waals surface area contributed by atoms with Crippen molar-refractivity contribution in [1.29, 1.82) is 0 Å². The van der Waals surface area contributed by atoms with Gasteiger partial charge < -0.3 is 14.8 Å². The molecule has 2 unspecified atom stereocenters. The standard InChI is InChI=1S/C8H12O7S.Na/c9-7(10)4-1-5(8(11)12)3-6(2-4)16(13,14)15;/h4-6H,1-3H2,(H,9,10)(H,11,12)(H,13,14,15);/q;+1/p-1. The molecule has 0 aromatic heterocycles. The molecule has 1 aliphatic rings. The molecule has 0 heterocycles. The topological polar surface area (TPSA) is 132 Å². The zero-order chi connectivity index (χ0) is 12.5. The van der Waals surface area contributed by atoms with E-state index in [1.165, 1.54) is 0 Å². The van der Waals surface area contributed by atoms with Gasteiger partial charge in [0.1, 0.15) is 0 Å². The molecule has 1 rings (SSSR count). The molecule has 1 fully saturated rings. The Labute approximate surface area is 120 Å². The monoisotopic (exact) mass is 274 g/mol. The van der Waals surface area contributed by atoms with E-state index in [2.05, 4.69) is 0 Å². The zero-order valence-electron chi connectivity index (χ0n) is 9.20. The first-order valence-corrected chi connectivity index (χ1v) is 6.09. The molecule has 0 aliphatic heterocycles. The average Bonchev–Trinajstić information content (AvgIpc) is 2.15. The Morgan fingerprint density at radius 3 is 1.59 bits per heavy atom. The van der Waals surface area contributed by atoms with Crippen LogP contribution < -0.4 is 29.6 Å². The summed E-state index contributed by atoms with van der Waals surface area (Å²) in [6.07, 6.45) is -0.730. The molecule has 0 radical (unpaired) electrons. The number of hydrogen-bond acceptors (Lipinski definition) is 5. The second-order valence-electron chi connectivity index (χ2n) is 3.89. The van der Waals surface area contributed by atoms with Crippen molar-refractivity contribution in [2.45, 2.75) is 24.5 Å². The van der Waals surface area contributed by atoms with E-state index < -0.39 is 39.1 Å². The molecule has 2 atom stereocenters. The third-order valence-corrected chi connectivity index (χ3v) is 3.97. The molecule has 1 saturated carbocycles. The Balaban J connectivity index is 0.00000256. The second-order valence-corrected chi connectivity index (χ2v) is 5.54. The minimum Gasteiger partial charge on any atom is -0.748 e. The van der Waals surface area contributed by atoms with Crippen LogP contribution >= 0.6 is 0 Å². The van der Waals surface area contributed by atoms with Crippen molar-refractivity contribution in [1.82, 2.24) is 0 Å². The normalized spacial score (nSPS) is 29.1. The van der Waals surface area contributed by atoms with E-state index in [1.807, 2.05) is 0 Å². The minimum absolute atomic E-state index is 0. The quantitative estimate of drug-likeness (QED) is 0.403. The maximum absolute atomic E-state index is 10.8. The fourth-order valence-electron chi connectivity index (χ4n) is 1.91. The van der Waals surface area contributed by atoms with Crippen LogP contribution in [0, 0.1) is 11.8 Å². The summed E-state index contributed by atoms with van der Waals surface area (Å²) in [5.41, 5.74) is 0. The maximum atomic E-state index is 10.8. The molecular weight excluding hydrogens is 263 g/mol. The predicted octanol–water partition coefficient (Wildman–Crippen LogP) is -3.51. The van der Waals surface area contributed by atoms with Gasteiger partial charge in [-0.1, -0.05) is 0 Å². The summed E-state index contributed by atoms with van der Waals surface area (Å²) in [6, 6.07) is 0. The van der Waals surface area contributed by atoms with E-state index >= 15 is 0 Å². The van der Waals surface area contributed by atoms with Gasteiger partial charge in [-0.15, -0.1) is 0 Å². The van der Waals surface area contributed by atoms with Crippen LogP contribution in [0.1, 0.15) is 19.3 Å². The molecule has 0 bridgehead atoms. The first-order chi connectivity index (χ1) is 7.21. The summed E-state index contributed by atoms with van der Waals surface area (Å²) in [5, 5.41) is 16.0. The van der Waals surface area contributed by atoms with Gasteiger partial charge in [-0.2, -0.15) is 0 Å². The van der Waals surface area contributed by atoms with Gasteiger partial charge in [-0.25, -0.2) is 8.42 Å². The van der Waals surface area contributed by atoms with Gasteiger partial charge in [0.25, 0.3) is 0 Å². The smallest absolute Gasteiger partial charge is 0.748 e. The molecule has 0 aromatic rings. The largest absolute Gasteiger partial charge is 1.00 e. The van der Waals surface area contributed by atoms with Crippen LogP contribution in [0.3, 0.4) is 0 Å². The second kappa shape index (κ2) is 6.14. The molecule has 0 spiro atoms. The van der Waals surface area contributed by atoms with Gasteiger partial charge in [0.2, 0.25) is 0 Å². The number of rotatable bonds is 3.